The molecule has 3 nitrogen and oxygen atoms in total. The Morgan fingerprint density at radius 2 is 2.21 bits per heavy atom. The summed E-state index contributed by atoms with van der Waals surface area (Å²) in [5.41, 5.74) is 0.653. The van der Waals surface area contributed by atoms with Crippen molar-refractivity contribution < 1.29 is 9.00 Å². The summed E-state index contributed by atoms with van der Waals surface area (Å²) in [6.07, 6.45) is 0.318. The largest absolute Gasteiger partial charge is 0.325 e. The van der Waals surface area contributed by atoms with E-state index in [-0.39, 0.29) is 5.91 Å². The molecule has 0 spiro atoms. The van der Waals surface area contributed by atoms with E-state index in [1.54, 1.807) is 12.1 Å². The van der Waals surface area contributed by atoms with Gasteiger partial charge < -0.3 is 5.32 Å². The molecule has 1 aromatic carbocycles. The number of benzene rings is 1. The van der Waals surface area contributed by atoms with Crippen LogP contribution in [0.2, 0.25) is 0 Å². The lowest BCUT2D eigenvalue weighted by molar-refractivity contribution is -0.115. The van der Waals surface area contributed by atoms with Gasteiger partial charge in [-0.05, 0) is 18.2 Å². The molecule has 1 aliphatic rings. The predicted octanol–water partition coefficient (Wildman–Crippen LogP) is 1.90. The number of nitrogens with one attached hydrogen (secondary N) is 1. The summed E-state index contributed by atoms with van der Waals surface area (Å²) < 4.78 is 12.5. The molecule has 0 bridgehead atoms. The molecule has 0 aliphatic carbocycles. The molecule has 5 heteroatoms. The van der Waals surface area contributed by atoms with E-state index in [9.17, 15) is 9.00 Å². The maximum atomic E-state index is 11.7. The summed E-state index contributed by atoms with van der Waals surface area (Å²) in [5.74, 6) is 0.329. The van der Waals surface area contributed by atoms with Crippen LogP contribution in [0.25, 0.3) is 0 Å². The average molecular weight is 274 g/mol. The molecule has 0 saturated carbocycles. The average Bonchev–Trinajstić information content (AvgIpc) is 2.26. The first-order chi connectivity index (χ1) is 6.66. The fourth-order valence-electron chi connectivity index (χ4n) is 1.31. The molecule has 14 heavy (non-hydrogen) atoms. The number of carbonyl (C=O) groups is 1. The summed E-state index contributed by atoms with van der Waals surface area (Å²) in [6.45, 7) is 0. The number of amides is 1. The molecular weight excluding hydrogens is 266 g/mol. The Kier molecular flexibility index (Phi) is 2.69. The van der Waals surface area contributed by atoms with Crippen LogP contribution in [0.5, 0.6) is 0 Å². The Morgan fingerprint density at radius 3 is 3.00 bits per heavy atom. The van der Waals surface area contributed by atoms with Gasteiger partial charge in [0.2, 0.25) is 5.91 Å². The second kappa shape index (κ2) is 3.82. The molecule has 1 aliphatic heterocycles. The topological polar surface area (TPSA) is 46.2 Å². The molecule has 74 valence electrons. The maximum Gasteiger partial charge on any atom is 0.225 e. The van der Waals surface area contributed by atoms with Gasteiger partial charge in [-0.25, -0.2) is 0 Å². The van der Waals surface area contributed by atoms with E-state index in [4.69, 9.17) is 0 Å². The van der Waals surface area contributed by atoms with Crippen LogP contribution in [-0.4, -0.2) is 15.9 Å². The predicted molar refractivity (Wildman–Crippen MR) is 58.7 cm³/mol. The van der Waals surface area contributed by atoms with Crippen LogP contribution in [0, 0.1) is 0 Å². The van der Waals surface area contributed by atoms with E-state index in [1.165, 1.54) is 0 Å². The molecule has 1 amide bonds. The van der Waals surface area contributed by atoms with Crippen LogP contribution >= 0.6 is 15.9 Å². The zero-order valence-corrected chi connectivity index (χ0v) is 9.65. The molecule has 0 fully saturated rings. The van der Waals surface area contributed by atoms with Crippen LogP contribution in [0.4, 0.5) is 5.69 Å². The Hall–Kier alpha value is -0.680. The Balaban J connectivity index is 2.52. The van der Waals surface area contributed by atoms with Crippen LogP contribution in [0.1, 0.15) is 6.42 Å². The van der Waals surface area contributed by atoms with Gasteiger partial charge in [0.1, 0.15) is 0 Å². The third-order valence-electron chi connectivity index (χ3n) is 1.98. The Bertz CT molecular complexity index is 419. The molecule has 1 atom stereocenters. The van der Waals surface area contributed by atoms with Crippen LogP contribution < -0.4 is 5.32 Å². The maximum absolute atomic E-state index is 11.7. The highest BCUT2D eigenvalue weighted by Crippen LogP contribution is 2.26. The first-order valence-electron chi connectivity index (χ1n) is 4.14. The van der Waals surface area contributed by atoms with E-state index in [1.807, 2.05) is 6.07 Å². The van der Waals surface area contributed by atoms with Crippen molar-refractivity contribution in [2.45, 2.75) is 11.3 Å². The van der Waals surface area contributed by atoms with Crippen molar-refractivity contribution in [1.82, 2.24) is 0 Å². The summed E-state index contributed by atoms with van der Waals surface area (Å²) in [4.78, 5) is 11.9. The lowest BCUT2D eigenvalue weighted by Gasteiger charge is -2.05. The van der Waals surface area contributed by atoms with Crippen molar-refractivity contribution in [3.63, 3.8) is 0 Å². The second-order valence-corrected chi connectivity index (χ2v) is 5.44. The highest BCUT2D eigenvalue weighted by Gasteiger charge is 2.18. The minimum absolute atomic E-state index is 0.0739. The van der Waals surface area contributed by atoms with E-state index in [2.05, 4.69) is 21.2 Å². The molecule has 1 aromatic rings. The second-order valence-electron chi connectivity index (χ2n) is 2.99. The first kappa shape index (κ1) is 9.86. The van der Waals surface area contributed by atoms with Crippen molar-refractivity contribution in [2.75, 3.05) is 11.1 Å². The fourth-order valence-corrected chi connectivity index (χ4v) is 2.83. The molecule has 1 N–H and O–H groups in total. The Labute approximate surface area is 92.5 Å². The number of fused-ring (bicyclic) bond motifs is 1. The molecule has 1 heterocycles. The highest BCUT2D eigenvalue weighted by molar-refractivity contribution is 9.10. The molecular formula is C9H8BrNO2S. The SMILES string of the molecule is O=C1CCS(=O)c2ccc(Br)cc2N1. The number of carbonyl (C=O) groups excluding carboxylic acids is 1. The number of rotatable bonds is 0. The van der Waals surface area contributed by atoms with E-state index >= 15 is 0 Å². The normalized spacial score (nSPS) is 20.9. The van der Waals surface area contributed by atoms with Crippen LogP contribution in [-0.2, 0) is 15.6 Å². The van der Waals surface area contributed by atoms with Gasteiger partial charge in [0, 0.05) is 16.6 Å². The number of hydrogen-bond acceptors (Lipinski definition) is 2. The molecule has 0 aromatic heterocycles. The number of hydrogen-bond donors (Lipinski definition) is 1. The zero-order valence-electron chi connectivity index (χ0n) is 7.25. The first-order valence-corrected chi connectivity index (χ1v) is 6.26. The van der Waals surface area contributed by atoms with Crippen LogP contribution in [0.15, 0.2) is 27.6 Å². The summed E-state index contributed by atoms with van der Waals surface area (Å²) in [5, 5.41) is 2.73. The molecule has 0 radical (unpaired) electrons. The lowest BCUT2D eigenvalue weighted by Crippen LogP contribution is -2.10. The van der Waals surface area contributed by atoms with Gasteiger partial charge in [-0.15, -0.1) is 0 Å². The molecule has 1 unspecified atom stereocenters. The molecule has 2 rings (SSSR count). The third kappa shape index (κ3) is 1.88. The summed E-state index contributed by atoms with van der Waals surface area (Å²) in [6, 6.07) is 5.38. The fraction of sp³-hybridized carbons (Fsp3) is 0.222. The summed E-state index contributed by atoms with van der Waals surface area (Å²) in [7, 11) is -1.07. The molecule has 0 saturated heterocycles. The quantitative estimate of drug-likeness (QED) is 0.785. The number of halogens is 1. The van der Waals surface area contributed by atoms with Gasteiger partial charge in [0.25, 0.3) is 0 Å². The smallest absolute Gasteiger partial charge is 0.225 e. The van der Waals surface area contributed by atoms with Crippen molar-refractivity contribution in [1.29, 1.82) is 0 Å². The van der Waals surface area contributed by atoms with Gasteiger partial charge in [-0.2, -0.15) is 0 Å². The van der Waals surface area contributed by atoms with E-state index in [0.717, 1.165) is 4.47 Å². The monoisotopic (exact) mass is 273 g/mol. The van der Waals surface area contributed by atoms with Crippen molar-refractivity contribution in [2.24, 2.45) is 0 Å². The van der Waals surface area contributed by atoms with E-state index < -0.39 is 10.8 Å². The minimum atomic E-state index is -1.07. The van der Waals surface area contributed by atoms with Gasteiger partial charge in [0.05, 0.1) is 21.4 Å². The standard InChI is InChI=1S/C9H8BrNO2S/c10-6-1-2-8-7(5-6)11-9(12)3-4-14(8)13/h1-2,5H,3-4H2,(H,11,12). The van der Waals surface area contributed by atoms with Crippen LogP contribution in [0.3, 0.4) is 0 Å². The lowest BCUT2D eigenvalue weighted by atomic mass is 10.3. The zero-order chi connectivity index (χ0) is 10.1. The van der Waals surface area contributed by atoms with E-state index in [0.29, 0.717) is 22.8 Å². The van der Waals surface area contributed by atoms with Crippen molar-refractivity contribution in [3.8, 4) is 0 Å². The van der Waals surface area contributed by atoms with Gasteiger partial charge in [-0.3, -0.25) is 9.00 Å². The van der Waals surface area contributed by atoms with Gasteiger partial charge in [-0.1, -0.05) is 15.9 Å². The Morgan fingerprint density at radius 1 is 1.43 bits per heavy atom. The van der Waals surface area contributed by atoms with Crippen molar-refractivity contribution >= 4 is 38.3 Å². The third-order valence-corrected chi connectivity index (χ3v) is 3.89. The minimum Gasteiger partial charge on any atom is -0.325 e. The number of anilines is 1. The van der Waals surface area contributed by atoms with Gasteiger partial charge >= 0.3 is 0 Å². The summed E-state index contributed by atoms with van der Waals surface area (Å²) >= 11 is 3.31. The van der Waals surface area contributed by atoms with Gasteiger partial charge in [0.15, 0.2) is 0 Å². The highest BCUT2D eigenvalue weighted by atomic mass is 79.9. The van der Waals surface area contributed by atoms with Crippen molar-refractivity contribution in [3.05, 3.63) is 22.7 Å².